The van der Waals surface area contributed by atoms with Gasteiger partial charge in [-0.2, -0.15) is 0 Å². The Morgan fingerprint density at radius 2 is 1.92 bits per heavy atom. The maximum absolute atomic E-state index is 4.29. The van der Waals surface area contributed by atoms with Gasteiger partial charge in [-0.05, 0) is 0 Å². The van der Waals surface area contributed by atoms with Gasteiger partial charge in [-0.3, -0.25) is 0 Å². The summed E-state index contributed by atoms with van der Waals surface area (Å²) >= 11 is 0.806. The van der Waals surface area contributed by atoms with Crippen molar-refractivity contribution in [3.63, 3.8) is 0 Å². The van der Waals surface area contributed by atoms with E-state index in [0.29, 0.717) is 0 Å². The minimum atomic E-state index is 0.806. The van der Waals surface area contributed by atoms with Gasteiger partial charge in [0.05, 0.1) is 0 Å². The normalized spacial score (nSPS) is 9.92. The quantitative estimate of drug-likeness (QED) is 0.715. The molecule has 0 aliphatic rings. The molecule has 0 saturated heterocycles. The van der Waals surface area contributed by atoms with Gasteiger partial charge in [0.15, 0.2) is 0 Å². The van der Waals surface area contributed by atoms with Crippen molar-refractivity contribution in [2.75, 3.05) is 0 Å². The van der Waals surface area contributed by atoms with Gasteiger partial charge in [-0.1, -0.05) is 0 Å². The molecule has 1 aromatic carbocycles. The number of benzene rings is 1. The molecule has 0 atom stereocenters. The van der Waals surface area contributed by atoms with Gasteiger partial charge in [0.2, 0.25) is 0 Å². The Morgan fingerprint density at radius 1 is 1.17 bits per heavy atom. The molecule has 12 heavy (non-hydrogen) atoms. The topological polar surface area (TPSA) is 17.8 Å². The monoisotopic (exact) mass is 348 g/mol. The molecule has 2 rings (SSSR count). The van der Waals surface area contributed by atoms with Crippen LogP contribution in [0.2, 0.25) is 0 Å². The van der Waals surface area contributed by atoms with Crippen LogP contribution in [0.1, 0.15) is 0 Å². The SMILES string of the molecule is [Tl][n]1cnc(-c2ccccc2)c1. The van der Waals surface area contributed by atoms with Crippen LogP contribution in [0.4, 0.5) is 0 Å². The molecule has 0 aliphatic carbocycles. The fourth-order valence-electron chi connectivity index (χ4n) is 1.09. The summed E-state index contributed by atoms with van der Waals surface area (Å²) < 4.78 is 2.11. The molecule has 0 radical (unpaired) electrons. The zero-order chi connectivity index (χ0) is 8.39. The van der Waals surface area contributed by atoms with Gasteiger partial charge >= 0.3 is 87.5 Å². The van der Waals surface area contributed by atoms with E-state index in [-0.39, 0.29) is 0 Å². The van der Waals surface area contributed by atoms with Crippen LogP contribution >= 0.6 is 0 Å². The van der Waals surface area contributed by atoms with Gasteiger partial charge in [0, 0.05) is 0 Å². The summed E-state index contributed by atoms with van der Waals surface area (Å²) in [5, 5.41) is 0. The van der Waals surface area contributed by atoms with Crippen molar-refractivity contribution in [1.29, 1.82) is 0 Å². The number of nitrogens with zero attached hydrogens (tertiary/aromatic N) is 2. The van der Waals surface area contributed by atoms with E-state index in [2.05, 4.69) is 25.7 Å². The second-order valence-corrected chi connectivity index (χ2v) is 4.89. The Morgan fingerprint density at radius 3 is 2.50 bits per heavy atom. The van der Waals surface area contributed by atoms with Crippen LogP contribution in [0.5, 0.6) is 0 Å². The molecular formula is C9H7N2Tl. The standard InChI is InChI=1S/C9H7N2.Tl/c1-2-4-8(5-3-1)9-6-10-7-11-9;/h1-7H;/q-1;+1. The molecule has 0 bridgehead atoms. The Balaban J connectivity index is 2.45. The molecule has 0 spiro atoms. The molecule has 2 aromatic rings. The van der Waals surface area contributed by atoms with Gasteiger partial charge in [-0.15, -0.1) is 0 Å². The molecule has 3 heteroatoms. The van der Waals surface area contributed by atoms with Gasteiger partial charge in [0.25, 0.3) is 0 Å². The zero-order valence-electron chi connectivity index (χ0n) is 6.51. The van der Waals surface area contributed by atoms with Crippen molar-refractivity contribution >= 4 is 26.1 Å². The van der Waals surface area contributed by atoms with E-state index in [1.807, 2.05) is 24.5 Å². The first-order valence-corrected chi connectivity index (χ1v) is 5.71. The molecule has 2 nitrogen and oxygen atoms in total. The Labute approximate surface area is 87.4 Å². The van der Waals surface area contributed by atoms with E-state index in [9.17, 15) is 0 Å². The van der Waals surface area contributed by atoms with Crippen LogP contribution in [0, 0.1) is 0 Å². The van der Waals surface area contributed by atoms with Crippen LogP contribution in [-0.2, 0) is 0 Å². The molecule has 0 N–H and O–H groups in total. The second-order valence-electron chi connectivity index (χ2n) is 2.57. The second kappa shape index (κ2) is 3.39. The number of hydrogen-bond donors (Lipinski definition) is 0. The van der Waals surface area contributed by atoms with Crippen molar-refractivity contribution in [1.82, 2.24) is 7.36 Å². The summed E-state index contributed by atoms with van der Waals surface area (Å²) in [6.07, 6.45) is 3.97. The van der Waals surface area contributed by atoms with Crippen molar-refractivity contribution in [3.05, 3.63) is 42.9 Å². The van der Waals surface area contributed by atoms with Gasteiger partial charge in [-0.25, -0.2) is 0 Å². The molecule has 0 fully saturated rings. The van der Waals surface area contributed by atoms with Crippen molar-refractivity contribution in [2.24, 2.45) is 0 Å². The third kappa shape index (κ3) is 1.57. The summed E-state index contributed by atoms with van der Waals surface area (Å²) in [7, 11) is 0. The van der Waals surface area contributed by atoms with Gasteiger partial charge in [0.1, 0.15) is 0 Å². The summed E-state index contributed by atoms with van der Waals surface area (Å²) in [5.74, 6) is 0. The van der Waals surface area contributed by atoms with E-state index in [1.54, 1.807) is 0 Å². The van der Waals surface area contributed by atoms with Crippen molar-refractivity contribution in [2.45, 2.75) is 0 Å². The molecule has 0 unspecified atom stereocenters. The average Bonchev–Trinajstić information content (AvgIpc) is 2.54. The molecule has 1 heterocycles. The van der Waals surface area contributed by atoms with Crippen LogP contribution < -0.4 is 0 Å². The van der Waals surface area contributed by atoms with Crippen LogP contribution in [0.3, 0.4) is 0 Å². The Bertz CT molecular complexity index is 367. The van der Waals surface area contributed by atoms with Crippen molar-refractivity contribution < 1.29 is 0 Å². The molecule has 1 aromatic heterocycles. The third-order valence-electron chi connectivity index (χ3n) is 1.67. The van der Waals surface area contributed by atoms with Crippen LogP contribution in [0.15, 0.2) is 42.9 Å². The van der Waals surface area contributed by atoms with Crippen LogP contribution in [0.25, 0.3) is 11.3 Å². The average molecular weight is 348 g/mol. The number of rotatable bonds is 1. The number of aromatic nitrogens is 2. The predicted molar refractivity (Wildman–Crippen MR) is 48.8 cm³/mol. The zero-order valence-corrected chi connectivity index (χ0v) is 11.0. The van der Waals surface area contributed by atoms with E-state index in [0.717, 1.165) is 31.8 Å². The van der Waals surface area contributed by atoms with E-state index in [4.69, 9.17) is 0 Å². The molecule has 0 saturated carbocycles. The van der Waals surface area contributed by atoms with E-state index < -0.39 is 0 Å². The first-order chi connectivity index (χ1) is 5.86. The fraction of sp³-hybridized carbons (Fsp3) is 0. The fourth-order valence-corrected chi connectivity index (χ4v) is 1.90. The van der Waals surface area contributed by atoms with Gasteiger partial charge < -0.3 is 0 Å². The minimum absolute atomic E-state index is 0.806. The first kappa shape index (κ1) is 7.97. The molecular weight excluding hydrogens is 340 g/mol. The Kier molecular flexibility index (Phi) is 2.25. The maximum atomic E-state index is 4.29. The summed E-state index contributed by atoms with van der Waals surface area (Å²) in [4.78, 5) is 4.29. The molecule has 56 valence electrons. The van der Waals surface area contributed by atoms with Crippen LogP contribution in [-0.4, -0.2) is 33.4 Å². The molecule has 0 aliphatic heterocycles. The van der Waals surface area contributed by atoms with E-state index in [1.165, 1.54) is 5.56 Å². The third-order valence-corrected chi connectivity index (χ3v) is 2.77. The summed E-state index contributed by atoms with van der Waals surface area (Å²) in [5.41, 5.74) is 2.26. The number of hydrogen-bond acceptors (Lipinski definition) is 1. The summed E-state index contributed by atoms with van der Waals surface area (Å²) in [6.45, 7) is 0. The molecule has 0 amide bonds. The Hall–Kier alpha value is -0.648. The van der Waals surface area contributed by atoms with E-state index >= 15 is 0 Å². The predicted octanol–water partition coefficient (Wildman–Crippen LogP) is 1.48. The van der Waals surface area contributed by atoms with Crippen molar-refractivity contribution in [3.8, 4) is 11.3 Å². The first-order valence-electron chi connectivity index (χ1n) is 3.71. The summed E-state index contributed by atoms with van der Waals surface area (Å²) in [6, 6.07) is 10.2. The number of imidazole rings is 1.